The average Bonchev–Trinajstić information content (AvgIpc) is 2.35. The largest absolute Gasteiger partial charge is 0.392 e. The summed E-state index contributed by atoms with van der Waals surface area (Å²) in [5.41, 5.74) is 1.17. The molecule has 0 fully saturated rings. The number of benzene rings is 1. The summed E-state index contributed by atoms with van der Waals surface area (Å²) in [7, 11) is 1.85. The fraction of sp³-hybridized carbons (Fsp3) is 0.538. The number of aliphatic hydroxyl groups excluding tert-OH is 1. The molecule has 1 unspecified atom stereocenters. The number of nitrogens with zero attached hydrogens (tertiary/aromatic N) is 2. The molecule has 0 aromatic heterocycles. The molecule has 1 aromatic carbocycles. The van der Waals surface area contributed by atoms with Crippen LogP contribution in [0, 0.1) is 16.0 Å². The van der Waals surface area contributed by atoms with Crippen molar-refractivity contribution >= 4 is 11.4 Å². The van der Waals surface area contributed by atoms with E-state index in [0.29, 0.717) is 17.2 Å². The minimum atomic E-state index is -0.405. The second-order valence-electron chi connectivity index (χ2n) is 4.83. The van der Waals surface area contributed by atoms with Crippen LogP contribution in [0.2, 0.25) is 0 Å². The first-order chi connectivity index (χ1) is 8.38. The maximum Gasteiger partial charge on any atom is 0.292 e. The summed E-state index contributed by atoms with van der Waals surface area (Å²) in [6, 6.07) is 5.04. The SMILES string of the molecule is CC(C)C(C)N(C)c1ccc(CO)cc1[N+](=O)[O-]. The quantitative estimate of drug-likeness (QED) is 0.646. The molecule has 0 saturated heterocycles. The first kappa shape index (κ1) is 14.4. The summed E-state index contributed by atoms with van der Waals surface area (Å²) in [6.07, 6.45) is 0. The van der Waals surface area contributed by atoms with Crippen LogP contribution in [0.3, 0.4) is 0 Å². The van der Waals surface area contributed by atoms with Gasteiger partial charge >= 0.3 is 0 Å². The first-order valence-corrected chi connectivity index (χ1v) is 5.99. The molecule has 1 rings (SSSR count). The lowest BCUT2D eigenvalue weighted by molar-refractivity contribution is -0.384. The number of nitro benzene ring substituents is 1. The fourth-order valence-corrected chi connectivity index (χ4v) is 1.78. The van der Waals surface area contributed by atoms with Crippen LogP contribution in [-0.4, -0.2) is 23.1 Å². The Hall–Kier alpha value is -1.62. The number of anilines is 1. The van der Waals surface area contributed by atoms with Crippen LogP contribution in [0.1, 0.15) is 26.3 Å². The van der Waals surface area contributed by atoms with Gasteiger partial charge in [-0.25, -0.2) is 0 Å². The minimum Gasteiger partial charge on any atom is -0.392 e. The van der Waals surface area contributed by atoms with Gasteiger partial charge in [0.2, 0.25) is 0 Å². The molecular formula is C13H20N2O3. The third-order valence-electron chi connectivity index (χ3n) is 3.37. The molecule has 0 aliphatic heterocycles. The lowest BCUT2D eigenvalue weighted by Crippen LogP contribution is -2.33. The van der Waals surface area contributed by atoms with Crippen molar-refractivity contribution < 1.29 is 10.0 Å². The van der Waals surface area contributed by atoms with Gasteiger partial charge in [0, 0.05) is 19.2 Å². The normalized spacial score (nSPS) is 12.6. The van der Waals surface area contributed by atoms with E-state index in [0.717, 1.165) is 0 Å². The number of nitro groups is 1. The molecule has 100 valence electrons. The Morgan fingerprint density at radius 2 is 2.00 bits per heavy atom. The standard InChI is InChI=1S/C13H20N2O3/c1-9(2)10(3)14(4)12-6-5-11(8-16)7-13(12)15(17)18/h5-7,9-10,16H,8H2,1-4H3. The Bertz CT molecular complexity index is 432. The van der Waals surface area contributed by atoms with Gasteiger partial charge in [-0.15, -0.1) is 0 Å². The molecule has 0 spiro atoms. The van der Waals surface area contributed by atoms with E-state index in [1.807, 2.05) is 18.9 Å². The molecule has 1 atom stereocenters. The van der Waals surface area contributed by atoms with Crippen LogP contribution in [0.25, 0.3) is 0 Å². The van der Waals surface area contributed by atoms with E-state index in [9.17, 15) is 10.1 Å². The monoisotopic (exact) mass is 252 g/mol. The Kier molecular flexibility index (Phi) is 4.67. The zero-order valence-corrected chi connectivity index (χ0v) is 11.3. The second-order valence-corrected chi connectivity index (χ2v) is 4.83. The third-order valence-corrected chi connectivity index (χ3v) is 3.37. The summed E-state index contributed by atoms with van der Waals surface area (Å²) in [4.78, 5) is 12.6. The van der Waals surface area contributed by atoms with Gasteiger partial charge in [-0.1, -0.05) is 19.9 Å². The lowest BCUT2D eigenvalue weighted by Gasteiger charge is -2.29. The van der Waals surface area contributed by atoms with Gasteiger partial charge in [-0.2, -0.15) is 0 Å². The van der Waals surface area contributed by atoms with Gasteiger partial charge in [0.1, 0.15) is 5.69 Å². The minimum absolute atomic E-state index is 0.0385. The Morgan fingerprint density at radius 3 is 2.44 bits per heavy atom. The first-order valence-electron chi connectivity index (χ1n) is 5.99. The van der Waals surface area contributed by atoms with E-state index >= 15 is 0 Å². The molecule has 0 radical (unpaired) electrons. The van der Waals surface area contributed by atoms with Gasteiger partial charge < -0.3 is 10.0 Å². The van der Waals surface area contributed by atoms with E-state index in [-0.39, 0.29) is 18.3 Å². The zero-order chi connectivity index (χ0) is 13.9. The average molecular weight is 252 g/mol. The molecule has 0 aliphatic rings. The van der Waals surface area contributed by atoms with Crippen LogP contribution in [0.15, 0.2) is 18.2 Å². The number of hydrogen-bond donors (Lipinski definition) is 1. The highest BCUT2D eigenvalue weighted by molar-refractivity contribution is 5.64. The summed E-state index contributed by atoms with van der Waals surface area (Å²) in [5.74, 6) is 0.395. The third kappa shape index (κ3) is 2.98. The van der Waals surface area contributed by atoms with Crippen LogP contribution < -0.4 is 4.90 Å². The van der Waals surface area contributed by atoms with Crippen LogP contribution >= 0.6 is 0 Å². The van der Waals surface area contributed by atoms with E-state index in [1.165, 1.54) is 6.07 Å². The predicted molar refractivity (Wildman–Crippen MR) is 71.7 cm³/mol. The maximum atomic E-state index is 11.1. The van der Waals surface area contributed by atoms with Crippen LogP contribution in [0.5, 0.6) is 0 Å². The molecule has 1 N–H and O–H groups in total. The highest BCUT2D eigenvalue weighted by Gasteiger charge is 2.22. The molecule has 5 heteroatoms. The van der Waals surface area contributed by atoms with Crippen molar-refractivity contribution in [3.05, 3.63) is 33.9 Å². The maximum absolute atomic E-state index is 11.1. The Morgan fingerprint density at radius 1 is 1.39 bits per heavy atom. The van der Waals surface area contributed by atoms with Crippen molar-refractivity contribution in [2.75, 3.05) is 11.9 Å². The van der Waals surface area contributed by atoms with E-state index in [2.05, 4.69) is 13.8 Å². The van der Waals surface area contributed by atoms with Gasteiger partial charge in [0.25, 0.3) is 5.69 Å². The summed E-state index contributed by atoms with van der Waals surface area (Å²) in [5, 5.41) is 20.1. The highest BCUT2D eigenvalue weighted by atomic mass is 16.6. The summed E-state index contributed by atoms with van der Waals surface area (Å²) < 4.78 is 0. The van der Waals surface area contributed by atoms with Crippen molar-refractivity contribution in [2.45, 2.75) is 33.4 Å². The zero-order valence-electron chi connectivity index (χ0n) is 11.3. The number of rotatable bonds is 5. The molecule has 18 heavy (non-hydrogen) atoms. The summed E-state index contributed by atoms with van der Waals surface area (Å²) in [6.45, 7) is 6.00. The van der Waals surface area contributed by atoms with E-state index in [1.54, 1.807) is 12.1 Å². The van der Waals surface area contributed by atoms with Crippen LogP contribution in [0.4, 0.5) is 11.4 Å². The van der Waals surface area contributed by atoms with Crippen molar-refractivity contribution in [3.8, 4) is 0 Å². The molecule has 5 nitrogen and oxygen atoms in total. The Labute approximate surface area is 107 Å². The van der Waals surface area contributed by atoms with Crippen molar-refractivity contribution in [2.24, 2.45) is 5.92 Å². The smallest absolute Gasteiger partial charge is 0.292 e. The lowest BCUT2D eigenvalue weighted by atomic mass is 10.0. The molecule has 0 saturated carbocycles. The number of aliphatic hydroxyl groups is 1. The van der Waals surface area contributed by atoms with E-state index < -0.39 is 4.92 Å². The predicted octanol–water partition coefficient (Wildman–Crippen LogP) is 2.57. The van der Waals surface area contributed by atoms with Crippen molar-refractivity contribution in [1.29, 1.82) is 0 Å². The molecule has 1 aromatic rings. The molecule has 0 aliphatic carbocycles. The fourth-order valence-electron chi connectivity index (χ4n) is 1.78. The topological polar surface area (TPSA) is 66.6 Å². The van der Waals surface area contributed by atoms with Gasteiger partial charge in [-0.05, 0) is 24.5 Å². The summed E-state index contributed by atoms with van der Waals surface area (Å²) >= 11 is 0. The van der Waals surface area contributed by atoms with Gasteiger partial charge in [0.15, 0.2) is 0 Å². The van der Waals surface area contributed by atoms with Gasteiger partial charge in [0.05, 0.1) is 11.5 Å². The molecule has 0 heterocycles. The molecule has 0 amide bonds. The molecular weight excluding hydrogens is 232 g/mol. The molecule has 0 bridgehead atoms. The van der Waals surface area contributed by atoms with Gasteiger partial charge in [-0.3, -0.25) is 10.1 Å². The number of hydrogen-bond acceptors (Lipinski definition) is 4. The Balaban J connectivity index is 3.19. The van der Waals surface area contributed by atoms with Crippen molar-refractivity contribution in [1.82, 2.24) is 0 Å². The van der Waals surface area contributed by atoms with E-state index in [4.69, 9.17) is 5.11 Å². The second kappa shape index (κ2) is 5.82. The highest BCUT2D eigenvalue weighted by Crippen LogP contribution is 2.30. The van der Waals surface area contributed by atoms with Crippen molar-refractivity contribution in [3.63, 3.8) is 0 Å². The van der Waals surface area contributed by atoms with Crippen LogP contribution in [-0.2, 0) is 6.61 Å².